The molecule has 2 aromatic rings. The highest BCUT2D eigenvalue weighted by Gasteiger charge is 2.13. The van der Waals surface area contributed by atoms with E-state index in [2.05, 4.69) is 9.84 Å². The van der Waals surface area contributed by atoms with Crippen LogP contribution < -0.4 is 5.56 Å². The number of benzene rings is 1. The highest BCUT2D eigenvalue weighted by atomic mass is 19.1. The normalized spacial score (nSPS) is 10.2. The van der Waals surface area contributed by atoms with Crippen LogP contribution in [0.3, 0.4) is 0 Å². The van der Waals surface area contributed by atoms with Crippen LogP contribution in [0, 0.1) is 5.82 Å². The van der Waals surface area contributed by atoms with Crippen LogP contribution in [0.4, 0.5) is 9.18 Å². The minimum Gasteiger partial charge on any atom is -0.451 e. The summed E-state index contributed by atoms with van der Waals surface area (Å²) in [5, 5.41) is 2.30. The third kappa shape index (κ3) is 2.10. The summed E-state index contributed by atoms with van der Waals surface area (Å²) in [6.45, 7) is 0. The van der Waals surface area contributed by atoms with E-state index in [0.717, 1.165) is 4.68 Å². The zero-order valence-electron chi connectivity index (χ0n) is 8.94. The van der Waals surface area contributed by atoms with Crippen molar-refractivity contribution >= 4 is 6.09 Å². The number of nitrogens with zero attached hydrogens (tertiary/aromatic N) is 1. The zero-order valence-corrected chi connectivity index (χ0v) is 8.94. The molecule has 6 heteroatoms. The van der Waals surface area contributed by atoms with E-state index in [9.17, 15) is 14.0 Å². The second-order valence-corrected chi connectivity index (χ2v) is 3.32. The minimum atomic E-state index is -0.716. The average molecular weight is 236 g/mol. The van der Waals surface area contributed by atoms with Gasteiger partial charge in [0, 0.05) is 11.6 Å². The molecule has 0 unspecified atom stereocenters. The van der Waals surface area contributed by atoms with Crippen molar-refractivity contribution in [3.63, 3.8) is 0 Å². The van der Waals surface area contributed by atoms with Gasteiger partial charge in [0.15, 0.2) is 0 Å². The molecule has 0 spiro atoms. The van der Waals surface area contributed by atoms with Gasteiger partial charge in [0.25, 0.3) is 5.56 Å². The molecule has 1 aromatic carbocycles. The number of aromatic amines is 1. The number of rotatable bonds is 1. The molecule has 88 valence electrons. The van der Waals surface area contributed by atoms with E-state index >= 15 is 0 Å². The van der Waals surface area contributed by atoms with Gasteiger partial charge in [-0.15, -0.1) is 0 Å². The Kier molecular flexibility index (Phi) is 2.78. The predicted octanol–water partition coefficient (Wildman–Crippen LogP) is 1.60. The summed E-state index contributed by atoms with van der Waals surface area (Å²) >= 11 is 0. The fourth-order valence-corrected chi connectivity index (χ4v) is 1.46. The van der Waals surface area contributed by atoms with E-state index in [1.807, 2.05) is 0 Å². The van der Waals surface area contributed by atoms with Crippen molar-refractivity contribution in [3.05, 3.63) is 46.5 Å². The average Bonchev–Trinajstić information content (AvgIpc) is 2.71. The lowest BCUT2D eigenvalue weighted by Gasteiger charge is -2.05. The highest BCUT2D eigenvalue weighted by Crippen LogP contribution is 2.17. The van der Waals surface area contributed by atoms with E-state index < -0.39 is 17.5 Å². The molecule has 1 heterocycles. The van der Waals surface area contributed by atoms with Crippen LogP contribution in [-0.4, -0.2) is 23.0 Å². The number of nitrogens with one attached hydrogen (secondary N) is 1. The molecule has 0 radical (unpaired) electrons. The quantitative estimate of drug-likeness (QED) is 0.817. The second kappa shape index (κ2) is 4.25. The van der Waals surface area contributed by atoms with Crippen LogP contribution in [-0.2, 0) is 4.74 Å². The Morgan fingerprint density at radius 3 is 2.59 bits per heavy atom. The Bertz CT molecular complexity index is 598. The van der Waals surface area contributed by atoms with Gasteiger partial charge in [0.2, 0.25) is 0 Å². The Balaban J connectivity index is 2.55. The molecule has 0 aliphatic rings. The van der Waals surface area contributed by atoms with Gasteiger partial charge in [-0.25, -0.2) is 9.18 Å². The van der Waals surface area contributed by atoms with Crippen LogP contribution in [0.2, 0.25) is 0 Å². The molecular weight excluding hydrogens is 227 g/mol. The highest BCUT2D eigenvalue weighted by molar-refractivity contribution is 5.76. The lowest BCUT2D eigenvalue weighted by atomic mass is 10.1. The van der Waals surface area contributed by atoms with E-state index in [-0.39, 0.29) is 0 Å². The summed E-state index contributed by atoms with van der Waals surface area (Å²) in [6.07, 6.45) is -0.716. The van der Waals surface area contributed by atoms with E-state index in [0.29, 0.717) is 11.3 Å². The molecule has 0 saturated heterocycles. The molecule has 0 atom stereocenters. The van der Waals surface area contributed by atoms with Gasteiger partial charge in [-0.3, -0.25) is 9.89 Å². The van der Waals surface area contributed by atoms with Gasteiger partial charge in [0.1, 0.15) is 5.82 Å². The van der Waals surface area contributed by atoms with Crippen molar-refractivity contribution < 1.29 is 13.9 Å². The first-order chi connectivity index (χ1) is 8.11. The molecule has 0 amide bonds. The predicted molar refractivity (Wildman–Crippen MR) is 58.2 cm³/mol. The molecular formula is C11H9FN2O3. The molecule has 0 bridgehead atoms. The van der Waals surface area contributed by atoms with Crippen molar-refractivity contribution in [2.45, 2.75) is 0 Å². The summed E-state index contributed by atoms with van der Waals surface area (Å²) in [5.41, 5.74) is 0.423. The van der Waals surface area contributed by atoms with Crippen molar-refractivity contribution in [2.24, 2.45) is 0 Å². The van der Waals surface area contributed by atoms with Gasteiger partial charge in [-0.2, -0.15) is 4.68 Å². The zero-order chi connectivity index (χ0) is 12.4. The van der Waals surface area contributed by atoms with Gasteiger partial charge in [0.05, 0.1) is 12.8 Å². The Morgan fingerprint density at radius 2 is 2.00 bits per heavy atom. The molecule has 0 aliphatic heterocycles. The van der Waals surface area contributed by atoms with Gasteiger partial charge < -0.3 is 4.74 Å². The van der Waals surface area contributed by atoms with E-state index in [1.165, 1.54) is 37.4 Å². The minimum absolute atomic E-state index is 0.321. The van der Waals surface area contributed by atoms with Gasteiger partial charge in [-0.05, 0) is 24.3 Å². The third-order valence-electron chi connectivity index (χ3n) is 2.23. The Hall–Kier alpha value is -2.37. The molecule has 0 fully saturated rings. The van der Waals surface area contributed by atoms with Crippen LogP contribution in [0.15, 0.2) is 35.1 Å². The fourth-order valence-electron chi connectivity index (χ4n) is 1.46. The van der Waals surface area contributed by atoms with Crippen LogP contribution in [0.25, 0.3) is 11.3 Å². The molecule has 2 rings (SSSR count). The van der Waals surface area contributed by atoms with E-state index in [4.69, 9.17) is 0 Å². The molecule has 17 heavy (non-hydrogen) atoms. The topological polar surface area (TPSA) is 64.1 Å². The third-order valence-corrected chi connectivity index (χ3v) is 2.23. The number of halogens is 1. The van der Waals surface area contributed by atoms with Crippen LogP contribution in [0.5, 0.6) is 0 Å². The lowest BCUT2D eigenvalue weighted by molar-refractivity contribution is 0.169. The summed E-state index contributed by atoms with van der Waals surface area (Å²) < 4.78 is 18.2. The molecule has 1 N–H and O–H groups in total. The number of hydrogen-bond donors (Lipinski definition) is 1. The first-order valence-corrected chi connectivity index (χ1v) is 4.78. The number of ether oxygens (including phenoxy) is 1. The lowest BCUT2D eigenvalue weighted by Crippen LogP contribution is -2.16. The number of hydrogen-bond acceptors (Lipinski definition) is 3. The fraction of sp³-hybridized carbons (Fsp3) is 0.0909. The van der Waals surface area contributed by atoms with Crippen LogP contribution >= 0.6 is 0 Å². The molecule has 0 saturated carbocycles. The SMILES string of the molecule is COC(=O)n1[nH]c(=O)cc1-c1ccc(F)cc1. The number of carbonyl (C=O) groups is 1. The second-order valence-electron chi connectivity index (χ2n) is 3.32. The number of methoxy groups -OCH3 is 1. The van der Waals surface area contributed by atoms with Crippen molar-refractivity contribution in [1.29, 1.82) is 0 Å². The standard InChI is InChI=1S/C11H9FN2O3/c1-17-11(16)14-9(6-10(15)13-14)7-2-4-8(12)5-3-7/h2-6H,1H3,(H,13,15). The maximum absolute atomic E-state index is 12.8. The molecule has 5 nitrogen and oxygen atoms in total. The molecule has 0 aliphatic carbocycles. The number of aromatic nitrogens is 2. The summed E-state index contributed by atoms with van der Waals surface area (Å²) in [6, 6.07) is 6.67. The van der Waals surface area contributed by atoms with Crippen molar-refractivity contribution in [2.75, 3.05) is 7.11 Å². The Labute approximate surface area is 95.4 Å². The smallest absolute Gasteiger partial charge is 0.433 e. The van der Waals surface area contributed by atoms with Gasteiger partial charge >= 0.3 is 6.09 Å². The Morgan fingerprint density at radius 1 is 1.35 bits per heavy atom. The maximum Gasteiger partial charge on any atom is 0.433 e. The number of carbonyl (C=O) groups excluding carboxylic acids is 1. The first kappa shape index (κ1) is 11.1. The van der Waals surface area contributed by atoms with Crippen LogP contribution in [0.1, 0.15) is 0 Å². The monoisotopic (exact) mass is 236 g/mol. The summed E-state index contributed by atoms with van der Waals surface area (Å²) in [4.78, 5) is 22.6. The number of H-pyrrole nitrogens is 1. The largest absolute Gasteiger partial charge is 0.451 e. The van der Waals surface area contributed by atoms with Gasteiger partial charge in [-0.1, -0.05) is 0 Å². The maximum atomic E-state index is 12.8. The van der Waals surface area contributed by atoms with E-state index in [1.54, 1.807) is 0 Å². The summed E-state index contributed by atoms with van der Waals surface area (Å²) in [7, 11) is 1.20. The molecule has 1 aromatic heterocycles. The van der Waals surface area contributed by atoms with Crippen molar-refractivity contribution in [1.82, 2.24) is 9.78 Å². The summed E-state index contributed by atoms with van der Waals surface area (Å²) in [5.74, 6) is -0.392. The van der Waals surface area contributed by atoms with Crippen molar-refractivity contribution in [3.8, 4) is 11.3 Å². The first-order valence-electron chi connectivity index (χ1n) is 4.78.